The van der Waals surface area contributed by atoms with Crippen molar-refractivity contribution in [2.75, 3.05) is 13.1 Å². The second-order valence-corrected chi connectivity index (χ2v) is 4.96. The normalized spacial score (nSPS) is 17.5. The van der Waals surface area contributed by atoms with Crippen LogP contribution in [0.1, 0.15) is 29.3 Å². The Morgan fingerprint density at radius 1 is 1.39 bits per heavy atom. The maximum absolute atomic E-state index is 13.6. The van der Waals surface area contributed by atoms with Gasteiger partial charge in [0.15, 0.2) is 0 Å². The van der Waals surface area contributed by atoms with Gasteiger partial charge in [-0.3, -0.25) is 4.79 Å². The SMILES string of the molecule is CCC1(N)CN(C(=O)c2cc(C)c(F)cc2F)C1. The first-order chi connectivity index (χ1) is 8.36. The largest absolute Gasteiger partial charge is 0.335 e. The molecule has 1 aromatic carbocycles. The number of likely N-dealkylation sites (tertiary alicyclic amines) is 1. The molecule has 0 aromatic heterocycles. The average Bonchev–Trinajstić information content (AvgIpc) is 2.29. The van der Waals surface area contributed by atoms with E-state index < -0.39 is 17.5 Å². The number of nitrogens with two attached hydrogens (primary N) is 1. The monoisotopic (exact) mass is 254 g/mol. The number of carbonyl (C=O) groups is 1. The van der Waals surface area contributed by atoms with Crippen molar-refractivity contribution in [2.45, 2.75) is 25.8 Å². The van der Waals surface area contributed by atoms with E-state index in [4.69, 9.17) is 5.73 Å². The van der Waals surface area contributed by atoms with Crippen molar-refractivity contribution >= 4 is 5.91 Å². The van der Waals surface area contributed by atoms with Crippen molar-refractivity contribution in [2.24, 2.45) is 5.73 Å². The zero-order valence-corrected chi connectivity index (χ0v) is 10.5. The number of halogens is 2. The molecular formula is C13H16F2N2O. The van der Waals surface area contributed by atoms with Crippen molar-refractivity contribution in [1.82, 2.24) is 4.90 Å². The summed E-state index contributed by atoms with van der Waals surface area (Å²) in [5.41, 5.74) is 5.76. The molecule has 2 rings (SSSR count). The Morgan fingerprint density at radius 2 is 2.00 bits per heavy atom. The van der Waals surface area contributed by atoms with Crippen LogP contribution in [0.2, 0.25) is 0 Å². The molecule has 1 aliphatic heterocycles. The van der Waals surface area contributed by atoms with Gasteiger partial charge in [-0.05, 0) is 25.0 Å². The first kappa shape index (κ1) is 13.0. The molecule has 0 aliphatic carbocycles. The summed E-state index contributed by atoms with van der Waals surface area (Å²) in [5, 5.41) is 0. The topological polar surface area (TPSA) is 46.3 Å². The molecular weight excluding hydrogens is 238 g/mol. The number of hydrogen-bond acceptors (Lipinski definition) is 2. The van der Waals surface area contributed by atoms with E-state index in [1.54, 1.807) is 0 Å². The second-order valence-electron chi connectivity index (χ2n) is 4.96. The van der Waals surface area contributed by atoms with Gasteiger partial charge in [-0.2, -0.15) is 0 Å². The van der Waals surface area contributed by atoms with Gasteiger partial charge in [0.25, 0.3) is 5.91 Å². The van der Waals surface area contributed by atoms with E-state index in [1.807, 2.05) is 6.92 Å². The van der Waals surface area contributed by atoms with Gasteiger partial charge in [0, 0.05) is 19.2 Å². The highest BCUT2D eigenvalue weighted by Gasteiger charge is 2.41. The van der Waals surface area contributed by atoms with Crippen LogP contribution in [0.3, 0.4) is 0 Å². The molecule has 1 fully saturated rings. The van der Waals surface area contributed by atoms with Gasteiger partial charge in [0.1, 0.15) is 11.6 Å². The van der Waals surface area contributed by atoms with E-state index in [9.17, 15) is 13.6 Å². The van der Waals surface area contributed by atoms with Crippen LogP contribution < -0.4 is 5.73 Å². The van der Waals surface area contributed by atoms with Crippen molar-refractivity contribution in [1.29, 1.82) is 0 Å². The highest BCUT2D eigenvalue weighted by molar-refractivity contribution is 5.95. The van der Waals surface area contributed by atoms with E-state index in [0.717, 1.165) is 12.5 Å². The van der Waals surface area contributed by atoms with Crippen molar-refractivity contribution in [3.63, 3.8) is 0 Å². The third-order valence-corrected chi connectivity index (χ3v) is 3.48. The quantitative estimate of drug-likeness (QED) is 0.875. The molecule has 1 heterocycles. The minimum Gasteiger partial charge on any atom is -0.335 e. The molecule has 3 nitrogen and oxygen atoms in total. The molecule has 0 radical (unpaired) electrons. The van der Waals surface area contributed by atoms with Crippen LogP contribution in [0.15, 0.2) is 12.1 Å². The minimum atomic E-state index is -0.825. The van der Waals surface area contributed by atoms with Crippen LogP contribution in [0, 0.1) is 18.6 Å². The average molecular weight is 254 g/mol. The Bertz CT molecular complexity index is 496. The molecule has 0 bridgehead atoms. The summed E-state index contributed by atoms with van der Waals surface area (Å²) in [6, 6.07) is 1.99. The molecule has 0 unspecified atom stereocenters. The summed E-state index contributed by atoms with van der Waals surface area (Å²) in [6.45, 7) is 4.28. The number of carbonyl (C=O) groups excluding carboxylic acids is 1. The van der Waals surface area contributed by atoms with E-state index in [0.29, 0.717) is 13.1 Å². The fourth-order valence-electron chi connectivity index (χ4n) is 2.07. The van der Waals surface area contributed by atoms with Crippen LogP contribution in [0.5, 0.6) is 0 Å². The van der Waals surface area contributed by atoms with Crippen molar-refractivity contribution in [3.8, 4) is 0 Å². The molecule has 0 saturated carbocycles. The van der Waals surface area contributed by atoms with Gasteiger partial charge in [0.05, 0.1) is 11.1 Å². The minimum absolute atomic E-state index is 0.0907. The van der Waals surface area contributed by atoms with Gasteiger partial charge >= 0.3 is 0 Å². The number of benzene rings is 1. The summed E-state index contributed by atoms with van der Waals surface area (Å²) in [4.78, 5) is 13.5. The molecule has 1 aromatic rings. The Hall–Kier alpha value is -1.49. The lowest BCUT2D eigenvalue weighted by molar-refractivity contribution is 0.0396. The zero-order valence-electron chi connectivity index (χ0n) is 10.5. The van der Waals surface area contributed by atoms with E-state index in [2.05, 4.69) is 0 Å². The first-order valence-electron chi connectivity index (χ1n) is 5.90. The molecule has 0 spiro atoms. The molecule has 1 amide bonds. The van der Waals surface area contributed by atoms with Gasteiger partial charge < -0.3 is 10.6 Å². The predicted molar refractivity (Wildman–Crippen MR) is 64.2 cm³/mol. The van der Waals surface area contributed by atoms with Gasteiger partial charge in [-0.25, -0.2) is 8.78 Å². The molecule has 2 N–H and O–H groups in total. The maximum Gasteiger partial charge on any atom is 0.256 e. The summed E-state index contributed by atoms with van der Waals surface area (Å²) >= 11 is 0. The zero-order chi connectivity index (χ0) is 13.5. The fourth-order valence-corrected chi connectivity index (χ4v) is 2.07. The van der Waals surface area contributed by atoms with E-state index in [-0.39, 0.29) is 16.7 Å². The highest BCUT2D eigenvalue weighted by atomic mass is 19.1. The molecule has 18 heavy (non-hydrogen) atoms. The lowest BCUT2D eigenvalue weighted by Gasteiger charge is -2.47. The van der Waals surface area contributed by atoms with Gasteiger partial charge in [-0.1, -0.05) is 6.92 Å². The Labute approximate surface area is 105 Å². The Morgan fingerprint density at radius 3 is 2.56 bits per heavy atom. The molecule has 1 aliphatic rings. The Kier molecular flexibility index (Phi) is 3.11. The first-order valence-corrected chi connectivity index (χ1v) is 5.90. The van der Waals surface area contributed by atoms with Gasteiger partial charge in [0.2, 0.25) is 0 Å². The summed E-state index contributed by atoms with van der Waals surface area (Å²) in [6.07, 6.45) is 0.766. The third-order valence-electron chi connectivity index (χ3n) is 3.48. The third kappa shape index (κ3) is 2.10. The molecule has 1 saturated heterocycles. The highest BCUT2D eigenvalue weighted by Crippen LogP contribution is 2.25. The lowest BCUT2D eigenvalue weighted by atomic mass is 9.87. The number of hydrogen-bond donors (Lipinski definition) is 1. The summed E-state index contributed by atoms with van der Waals surface area (Å²) in [5.74, 6) is -1.89. The number of rotatable bonds is 2. The number of nitrogens with zero attached hydrogens (tertiary/aromatic N) is 1. The van der Waals surface area contributed by atoms with Crippen LogP contribution in [0.25, 0.3) is 0 Å². The fraction of sp³-hybridized carbons (Fsp3) is 0.462. The smallest absolute Gasteiger partial charge is 0.256 e. The predicted octanol–water partition coefficient (Wildman–Crippen LogP) is 1.84. The van der Waals surface area contributed by atoms with Crippen LogP contribution in [0.4, 0.5) is 8.78 Å². The lowest BCUT2D eigenvalue weighted by Crippen LogP contribution is -2.68. The van der Waals surface area contributed by atoms with Crippen LogP contribution >= 0.6 is 0 Å². The number of amides is 1. The van der Waals surface area contributed by atoms with Crippen molar-refractivity contribution < 1.29 is 13.6 Å². The Balaban J connectivity index is 2.19. The maximum atomic E-state index is 13.6. The van der Waals surface area contributed by atoms with E-state index in [1.165, 1.54) is 17.9 Å². The van der Waals surface area contributed by atoms with Crippen LogP contribution in [-0.2, 0) is 0 Å². The molecule has 98 valence electrons. The van der Waals surface area contributed by atoms with Crippen LogP contribution in [-0.4, -0.2) is 29.4 Å². The molecule has 5 heteroatoms. The van der Waals surface area contributed by atoms with Gasteiger partial charge in [-0.15, -0.1) is 0 Å². The standard InChI is InChI=1S/C13H16F2N2O/c1-3-13(16)6-17(7-13)12(18)9-4-8(2)10(14)5-11(9)15/h4-5H,3,6-7,16H2,1-2H3. The number of aryl methyl sites for hydroxylation is 1. The second kappa shape index (κ2) is 4.31. The molecule has 0 atom stereocenters. The van der Waals surface area contributed by atoms with E-state index >= 15 is 0 Å². The summed E-state index contributed by atoms with van der Waals surface area (Å²) < 4.78 is 26.7. The summed E-state index contributed by atoms with van der Waals surface area (Å²) in [7, 11) is 0. The van der Waals surface area contributed by atoms with Crippen molar-refractivity contribution in [3.05, 3.63) is 34.9 Å².